The third kappa shape index (κ3) is 5.38. The molecule has 3 fully saturated rings. The highest BCUT2D eigenvalue weighted by Crippen LogP contribution is 2.26. The molecular weight excluding hydrogens is 456 g/mol. The van der Waals surface area contributed by atoms with Gasteiger partial charge in [0.1, 0.15) is 0 Å². The summed E-state index contributed by atoms with van der Waals surface area (Å²) in [5.41, 5.74) is 0.411. The predicted molar refractivity (Wildman–Crippen MR) is 116 cm³/mol. The van der Waals surface area contributed by atoms with Crippen LogP contribution in [0.4, 0.5) is 0 Å². The van der Waals surface area contributed by atoms with E-state index in [1.807, 2.05) is 4.90 Å². The minimum Gasteiger partial charge on any atom is -0.336 e. The quantitative estimate of drug-likeness (QED) is 0.637. The highest BCUT2D eigenvalue weighted by atomic mass is 79.9. The summed E-state index contributed by atoms with van der Waals surface area (Å²) in [6, 6.07) is 4.73. The Hall–Kier alpha value is -1.00. The summed E-state index contributed by atoms with van der Waals surface area (Å²) < 4.78 is 28.3. The molecule has 0 bridgehead atoms. The summed E-state index contributed by atoms with van der Waals surface area (Å²) in [6.45, 7) is 7.63. The molecule has 0 aromatic heterocycles. The van der Waals surface area contributed by atoms with Crippen molar-refractivity contribution in [2.75, 3.05) is 52.4 Å². The Morgan fingerprint density at radius 2 is 1.62 bits per heavy atom. The van der Waals surface area contributed by atoms with E-state index in [1.54, 1.807) is 12.1 Å². The van der Waals surface area contributed by atoms with E-state index in [-0.39, 0.29) is 16.8 Å². The van der Waals surface area contributed by atoms with Gasteiger partial charge in [0.05, 0.1) is 10.5 Å². The largest absolute Gasteiger partial charge is 0.336 e. The first kappa shape index (κ1) is 21.2. The molecule has 4 rings (SSSR count). The summed E-state index contributed by atoms with van der Waals surface area (Å²) in [5.74, 6) is -0.112. The third-order valence-corrected chi connectivity index (χ3v) is 8.18. The van der Waals surface area contributed by atoms with Crippen LogP contribution in [0, 0.1) is 0 Å². The van der Waals surface area contributed by atoms with Gasteiger partial charge in [0.15, 0.2) is 0 Å². The number of amides is 1. The second-order valence-electron chi connectivity index (χ2n) is 8.22. The first-order valence-electron chi connectivity index (χ1n) is 10.5. The Bertz CT molecular complexity index is 845. The molecule has 1 aliphatic carbocycles. The Kier molecular flexibility index (Phi) is 6.60. The Morgan fingerprint density at radius 3 is 2.24 bits per heavy atom. The summed E-state index contributed by atoms with van der Waals surface area (Å²) in [6.07, 6.45) is 4.37. The average Bonchev–Trinajstić information content (AvgIpc) is 3.35. The van der Waals surface area contributed by atoms with Crippen molar-refractivity contribution in [2.45, 2.75) is 36.6 Å². The number of sulfonamides is 1. The fourth-order valence-electron chi connectivity index (χ4n) is 3.96. The number of nitrogens with one attached hydrogen (secondary N) is 1. The van der Waals surface area contributed by atoms with E-state index >= 15 is 0 Å². The average molecular weight is 485 g/mol. The van der Waals surface area contributed by atoms with Crippen molar-refractivity contribution in [3.05, 3.63) is 28.2 Å². The maximum absolute atomic E-state index is 13.1. The number of carbonyl (C=O) groups excluding carboxylic acids is 1. The molecule has 29 heavy (non-hydrogen) atoms. The Balaban J connectivity index is 1.36. The van der Waals surface area contributed by atoms with E-state index < -0.39 is 10.0 Å². The lowest BCUT2D eigenvalue weighted by Gasteiger charge is -2.35. The fraction of sp³-hybridized carbons (Fsp3) is 0.650. The summed E-state index contributed by atoms with van der Waals surface area (Å²) in [4.78, 5) is 20.0. The lowest BCUT2D eigenvalue weighted by molar-refractivity contribution is 0.0625. The molecule has 2 saturated heterocycles. The van der Waals surface area contributed by atoms with E-state index in [2.05, 4.69) is 30.5 Å². The molecule has 160 valence electrons. The van der Waals surface area contributed by atoms with Crippen molar-refractivity contribution in [1.82, 2.24) is 19.4 Å². The number of rotatable bonds is 7. The zero-order valence-corrected chi connectivity index (χ0v) is 19.0. The van der Waals surface area contributed by atoms with Crippen LogP contribution in [-0.2, 0) is 10.0 Å². The fourth-order valence-corrected chi connectivity index (χ4v) is 5.71. The smallest absolute Gasteiger partial charge is 0.255 e. The van der Waals surface area contributed by atoms with Crippen LogP contribution in [-0.4, -0.2) is 87.4 Å². The molecule has 0 unspecified atom stereocenters. The number of benzene rings is 1. The molecule has 2 aliphatic heterocycles. The predicted octanol–water partition coefficient (Wildman–Crippen LogP) is 1.74. The van der Waals surface area contributed by atoms with Crippen molar-refractivity contribution in [3.63, 3.8) is 0 Å². The zero-order chi connectivity index (χ0) is 20.4. The number of piperazine rings is 1. The van der Waals surface area contributed by atoms with Crippen LogP contribution < -0.4 is 4.72 Å². The molecule has 3 aliphatic rings. The van der Waals surface area contributed by atoms with Crippen LogP contribution in [0.3, 0.4) is 0 Å². The van der Waals surface area contributed by atoms with E-state index in [9.17, 15) is 13.2 Å². The number of hydrogen-bond donors (Lipinski definition) is 1. The van der Waals surface area contributed by atoms with Gasteiger partial charge in [-0.25, -0.2) is 13.1 Å². The minimum absolute atomic E-state index is 0.0384. The van der Waals surface area contributed by atoms with Crippen LogP contribution >= 0.6 is 15.9 Å². The van der Waals surface area contributed by atoms with E-state index in [1.165, 1.54) is 32.0 Å². The molecule has 1 amide bonds. The number of likely N-dealkylation sites (tertiary alicyclic amines) is 1. The maximum Gasteiger partial charge on any atom is 0.255 e. The molecule has 2 heterocycles. The topological polar surface area (TPSA) is 73.0 Å². The highest BCUT2D eigenvalue weighted by molar-refractivity contribution is 9.10. The van der Waals surface area contributed by atoms with E-state index in [0.29, 0.717) is 23.1 Å². The van der Waals surface area contributed by atoms with Crippen molar-refractivity contribution in [1.29, 1.82) is 0 Å². The third-order valence-electron chi connectivity index (χ3n) is 5.97. The minimum atomic E-state index is -3.58. The van der Waals surface area contributed by atoms with Crippen molar-refractivity contribution in [2.24, 2.45) is 0 Å². The second-order valence-corrected chi connectivity index (χ2v) is 10.8. The number of hydrogen-bond acceptors (Lipinski definition) is 5. The van der Waals surface area contributed by atoms with Crippen LogP contribution in [0.25, 0.3) is 0 Å². The van der Waals surface area contributed by atoms with Gasteiger partial charge < -0.3 is 9.80 Å². The monoisotopic (exact) mass is 484 g/mol. The second kappa shape index (κ2) is 9.01. The molecule has 7 nitrogen and oxygen atoms in total. The van der Waals surface area contributed by atoms with E-state index in [0.717, 1.165) is 39.0 Å². The van der Waals surface area contributed by atoms with Crippen LogP contribution in [0.1, 0.15) is 36.0 Å². The van der Waals surface area contributed by atoms with Gasteiger partial charge in [-0.3, -0.25) is 9.69 Å². The first-order chi connectivity index (χ1) is 13.9. The van der Waals surface area contributed by atoms with Crippen molar-refractivity contribution in [3.8, 4) is 0 Å². The van der Waals surface area contributed by atoms with Gasteiger partial charge in [-0.15, -0.1) is 0 Å². The normalized spacial score (nSPS) is 21.6. The summed E-state index contributed by atoms with van der Waals surface area (Å²) >= 11 is 3.42. The van der Waals surface area contributed by atoms with Gasteiger partial charge in [0.2, 0.25) is 10.0 Å². The molecule has 1 aromatic carbocycles. The maximum atomic E-state index is 13.1. The summed E-state index contributed by atoms with van der Waals surface area (Å²) in [5, 5.41) is 0. The lowest BCUT2D eigenvalue weighted by Crippen LogP contribution is -2.50. The van der Waals surface area contributed by atoms with Gasteiger partial charge in [-0.1, -0.05) is 0 Å². The molecule has 1 aromatic rings. The highest BCUT2D eigenvalue weighted by Gasteiger charge is 2.30. The van der Waals surface area contributed by atoms with Gasteiger partial charge >= 0.3 is 0 Å². The van der Waals surface area contributed by atoms with Gasteiger partial charge in [-0.2, -0.15) is 0 Å². The first-order valence-corrected chi connectivity index (χ1v) is 12.8. The molecule has 1 N–H and O–H groups in total. The number of carbonyl (C=O) groups is 1. The molecule has 9 heteroatoms. The standard InChI is InChI=1S/C20H29BrN4O3S/c21-19-6-5-17(29(27,28)22-16-3-4-16)15-18(19)20(26)25-13-11-24(12-14-25)10-9-23-7-1-2-8-23/h5-6,15-16,22H,1-4,7-14H2. The molecule has 0 radical (unpaired) electrons. The van der Waals surface area contributed by atoms with Crippen LogP contribution in [0.2, 0.25) is 0 Å². The molecule has 0 spiro atoms. The van der Waals surface area contributed by atoms with Crippen LogP contribution in [0.15, 0.2) is 27.6 Å². The summed E-state index contributed by atoms with van der Waals surface area (Å²) in [7, 11) is -3.58. The SMILES string of the molecule is O=C(c1cc(S(=O)(=O)NC2CC2)ccc1Br)N1CCN(CCN2CCCC2)CC1. The van der Waals surface area contributed by atoms with Gasteiger partial charge in [0, 0.05) is 49.8 Å². The van der Waals surface area contributed by atoms with Crippen molar-refractivity contribution < 1.29 is 13.2 Å². The van der Waals surface area contributed by atoms with Crippen LogP contribution in [0.5, 0.6) is 0 Å². The molecule has 0 atom stereocenters. The van der Waals surface area contributed by atoms with E-state index in [4.69, 9.17) is 0 Å². The lowest BCUT2D eigenvalue weighted by atomic mass is 10.2. The molecular formula is C20H29BrN4O3S. The number of halogens is 1. The number of nitrogens with zero attached hydrogens (tertiary/aromatic N) is 3. The van der Waals surface area contributed by atoms with Gasteiger partial charge in [0.25, 0.3) is 5.91 Å². The van der Waals surface area contributed by atoms with Crippen molar-refractivity contribution >= 4 is 31.9 Å². The van der Waals surface area contributed by atoms with Gasteiger partial charge in [-0.05, 0) is 72.9 Å². The Labute approximate surface area is 181 Å². The zero-order valence-electron chi connectivity index (χ0n) is 16.6. The molecule has 1 saturated carbocycles. The Morgan fingerprint density at radius 1 is 1.00 bits per heavy atom.